The van der Waals surface area contributed by atoms with Crippen LogP contribution in [0.3, 0.4) is 0 Å². The van der Waals surface area contributed by atoms with Crippen LogP contribution >= 0.6 is 0 Å². The van der Waals surface area contributed by atoms with Gasteiger partial charge in [-0.1, -0.05) is 0 Å². The van der Waals surface area contributed by atoms with Gasteiger partial charge in [0.1, 0.15) is 5.60 Å². The molecule has 1 aliphatic rings. The predicted octanol–water partition coefficient (Wildman–Crippen LogP) is 1.59. The predicted molar refractivity (Wildman–Crippen MR) is 71.5 cm³/mol. The standard InChI is InChI=1S/C13H26N2O4/c1-12(2,3)19-11(16)15-7-4-13(10-18-14)5-8-17-9-6-13/h4-10,14H2,1-3H3,(H,15,16). The van der Waals surface area contributed by atoms with E-state index in [1.165, 1.54) is 0 Å². The molecule has 6 nitrogen and oxygen atoms in total. The third kappa shape index (κ3) is 6.22. The van der Waals surface area contributed by atoms with Crippen molar-refractivity contribution in [3.05, 3.63) is 0 Å². The highest BCUT2D eigenvalue weighted by atomic mass is 16.6. The van der Waals surface area contributed by atoms with Crippen LogP contribution in [0.15, 0.2) is 0 Å². The number of hydrogen-bond acceptors (Lipinski definition) is 5. The second-order valence-corrected chi connectivity index (χ2v) is 6.10. The summed E-state index contributed by atoms with van der Waals surface area (Å²) in [7, 11) is 0. The molecule has 1 heterocycles. The average Bonchev–Trinajstić information content (AvgIpc) is 2.28. The van der Waals surface area contributed by atoms with Gasteiger partial charge in [-0.05, 0) is 40.0 Å². The molecule has 0 aromatic heterocycles. The number of nitrogens with two attached hydrogens (primary N) is 1. The molecule has 1 fully saturated rings. The molecule has 1 rings (SSSR count). The van der Waals surface area contributed by atoms with Gasteiger partial charge in [0, 0.05) is 25.2 Å². The van der Waals surface area contributed by atoms with Crippen LogP contribution in [0.2, 0.25) is 0 Å². The highest BCUT2D eigenvalue weighted by molar-refractivity contribution is 5.67. The Bertz CT molecular complexity index is 277. The molecule has 0 spiro atoms. The lowest BCUT2D eigenvalue weighted by atomic mass is 9.78. The highest BCUT2D eigenvalue weighted by Gasteiger charge is 2.32. The van der Waals surface area contributed by atoms with Crippen LogP contribution in [0.25, 0.3) is 0 Å². The molecule has 19 heavy (non-hydrogen) atoms. The topological polar surface area (TPSA) is 82.8 Å². The largest absolute Gasteiger partial charge is 0.444 e. The van der Waals surface area contributed by atoms with E-state index in [-0.39, 0.29) is 11.5 Å². The number of nitrogens with one attached hydrogen (secondary N) is 1. The van der Waals surface area contributed by atoms with Crippen molar-refractivity contribution in [2.24, 2.45) is 11.3 Å². The van der Waals surface area contributed by atoms with E-state index in [2.05, 4.69) is 5.32 Å². The molecule has 0 radical (unpaired) electrons. The molecule has 1 saturated heterocycles. The SMILES string of the molecule is CC(C)(C)OC(=O)NCCC1(CON)CCOCC1. The number of carbonyl (C=O) groups is 1. The highest BCUT2D eigenvalue weighted by Crippen LogP contribution is 2.33. The maximum absolute atomic E-state index is 11.5. The van der Waals surface area contributed by atoms with E-state index in [9.17, 15) is 4.79 Å². The average molecular weight is 274 g/mol. The van der Waals surface area contributed by atoms with Gasteiger partial charge in [0.2, 0.25) is 0 Å². The first kappa shape index (κ1) is 16.2. The summed E-state index contributed by atoms with van der Waals surface area (Å²) in [6, 6.07) is 0. The molecule has 3 N–H and O–H groups in total. The third-order valence-electron chi connectivity index (χ3n) is 3.27. The Hall–Kier alpha value is -0.850. The monoisotopic (exact) mass is 274 g/mol. The number of ether oxygens (including phenoxy) is 2. The second-order valence-electron chi connectivity index (χ2n) is 6.10. The summed E-state index contributed by atoms with van der Waals surface area (Å²) in [5, 5.41) is 2.77. The van der Waals surface area contributed by atoms with Crippen LogP contribution in [0, 0.1) is 5.41 Å². The van der Waals surface area contributed by atoms with Crippen LogP contribution < -0.4 is 11.2 Å². The van der Waals surface area contributed by atoms with Gasteiger partial charge in [-0.3, -0.25) is 0 Å². The zero-order valence-electron chi connectivity index (χ0n) is 12.2. The van der Waals surface area contributed by atoms with Crippen LogP contribution in [-0.2, 0) is 14.3 Å². The van der Waals surface area contributed by atoms with Crippen LogP contribution in [0.5, 0.6) is 0 Å². The quantitative estimate of drug-likeness (QED) is 0.744. The molecule has 112 valence electrons. The van der Waals surface area contributed by atoms with Crippen molar-refractivity contribution in [2.45, 2.75) is 45.6 Å². The normalized spacial score (nSPS) is 18.9. The fourth-order valence-corrected chi connectivity index (χ4v) is 2.19. The van der Waals surface area contributed by atoms with Gasteiger partial charge in [-0.25, -0.2) is 10.7 Å². The Kier molecular flexibility index (Phi) is 6.03. The van der Waals surface area contributed by atoms with Gasteiger partial charge in [0.05, 0.1) is 6.61 Å². The van der Waals surface area contributed by atoms with Gasteiger partial charge < -0.3 is 19.6 Å². The maximum Gasteiger partial charge on any atom is 0.407 e. The van der Waals surface area contributed by atoms with Gasteiger partial charge in [-0.2, -0.15) is 0 Å². The summed E-state index contributed by atoms with van der Waals surface area (Å²) < 4.78 is 10.5. The zero-order valence-corrected chi connectivity index (χ0v) is 12.2. The minimum atomic E-state index is -0.471. The lowest BCUT2D eigenvalue weighted by Crippen LogP contribution is -2.39. The first-order valence-corrected chi connectivity index (χ1v) is 6.73. The molecule has 0 saturated carbocycles. The van der Waals surface area contributed by atoms with Gasteiger partial charge in [0.15, 0.2) is 0 Å². The molecule has 0 aromatic carbocycles. The number of rotatable bonds is 5. The minimum Gasteiger partial charge on any atom is -0.444 e. The lowest BCUT2D eigenvalue weighted by Gasteiger charge is -2.36. The van der Waals surface area contributed by atoms with E-state index in [1.54, 1.807) is 0 Å². The van der Waals surface area contributed by atoms with Crippen LogP contribution in [-0.4, -0.2) is 38.1 Å². The molecular formula is C13H26N2O4. The van der Waals surface area contributed by atoms with E-state index >= 15 is 0 Å². The Balaban J connectivity index is 2.34. The smallest absolute Gasteiger partial charge is 0.407 e. The van der Waals surface area contributed by atoms with E-state index < -0.39 is 5.60 Å². The number of amides is 1. The fraction of sp³-hybridized carbons (Fsp3) is 0.923. The van der Waals surface area contributed by atoms with Crippen LogP contribution in [0.1, 0.15) is 40.0 Å². The molecule has 0 atom stereocenters. The zero-order chi connectivity index (χ0) is 14.4. The van der Waals surface area contributed by atoms with Crippen LogP contribution in [0.4, 0.5) is 4.79 Å². The number of alkyl carbamates (subject to hydrolysis) is 1. The molecule has 0 bridgehead atoms. The van der Waals surface area contributed by atoms with Crippen molar-refractivity contribution >= 4 is 6.09 Å². The van der Waals surface area contributed by atoms with E-state index in [0.29, 0.717) is 13.2 Å². The maximum atomic E-state index is 11.5. The molecular weight excluding hydrogens is 248 g/mol. The summed E-state index contributed by atoms with van der Waals surface area (Å²) >= 11 is 0. The second kappa shape index (κ2) is 7.07. The third-order valence-corrected chi connectivity index (χ3v) is 3.27. The van der Waals surface area contributed by atoms with Gasteiger partial charge >= 0.3 is 6.09 Å². The minimum absolute atomic E-state index is 0.00200. The van der Waals surface area contributed by atoms with Crippen molar-refractivity contribution < 1.29 is 19.1 Å². The Morgan fingerprint density at radius 2 is 2.00 bits per heavy atom. The van der Waals surface area contributed by atoms with Crippen molar-refractivity contribution in [2.75, 3.05) is 26.4 Å². The molecule has 1 amide bonds. The first-order chi connectivity index (χ1) is 8.87. The fourth-order valence-electron chi connectivity index (χ4n) is 2.19. The van der Waals surface area contributed by atoms with Crippen molar-refractivity contribution in [3.8, 4) is 0 Å². The van der Waals surface area contributed by atoms with Crippen molar-refractivity contribution in [3.63, 3.8) is 0 Å². The Labute approximate surface area is 114 Å². The van der Waals surface area contributed by atoms with Gasteiger partial charge in [-0.15, -0.1) is 0 Å². The summed E-state index contributed by atoms with van der Waals surface area (Å²) in [5.74, 6) is 5.21. The number of carbonyl (C=O) groups excluding carboxylic acids is 1. The molecule has 1 aliphatic heterocycles. The summed E-state index contributed by atoms with van der Waals surface area (Å²) in [4.78, 5) is 16.4. The lowest BCUT2D eigenvalue weighted by molar-refractivity contribution is -0.0443. The van der Waals surface area contributed by atoms with Crippen molar-refractivity contribution in [1.82, 2.24) is 5.32 Å². The van der Waals surface area contributed by atoms with Gasteiger partial charge in [0.25, 0.3) is 0 Å². The molecule has 0 aromatic rings. The summed E-state index contributed by atoms with van der Waals surface area (Å²) in [6.45, 7) is 8.01. The first-order valence-electron chi connectivity index (χ1n) is 6.73. The molecule has 0 aliphatic carbocycles. The Morgan fingerprint density at radius 1 is 1.37 bits per heavy atom. The summed E-state index contributed by atoms with van der Waals surface area (Å²) in [6.07, 6.45) is 2.23. The molecule has 6 heteroatoms. The summed E-state index contributed by atoms with van der Waals surface area (Å²) in [5.41, 5.74) is -0.469. The van der Waals surface area contributed by atoms with E-state index in [1.807, 2.05) is 20.8 Å². The Morgan fingerprint density at radius 3 is 2.53 bits per heavy atom. The van der Waals surface area contributed by atoms with E-state index in [0.717, 1.165) is 32.5 Å². The number of hydrogen-bond donors (Lipinski definition) is 2. The van der Waals surface area contributed by atoms with Crippen molar-refractivity contribution in [1.29, 1.82) is 0 Å². The molecule has 0 unspecified atom stereocenters. The van der Waals surface area contributed by atoms with E-state index in [4.69, 9.17) is 20.2 Å².